The lowest BCUT2D eigenvalue weighted by Crippen LogP contribution is -2.50. The van der Waals surface area contributed by atoms with Crippen LogP contribution in [0.2, 0.25) is 0 Å². The lowest BCUT2D eigenvalue weighted by atomic mass is 9.75. The van der Waals surface area contributed by atoms with Crippen molar-refractivity contribution in [2.45, 2.75) is 37.5 Å². The molecular formula is C28H31F3N6O2. The van der Waals surface area contributed by atoms with Gasteiger partial charge in [-0.1, -0.05) is 12.1 Å². The number of hydrogen-bond donors (Lipinski definition) is 0. The van der Waals surface area contributed by atoms with Gasteiger partial charge in [0.25, 0.3) is 5.91 Å². The van der Waals surface area contributed by atoms with Crippen LogP contribution in [-0.2, 0) is 36.3 Å². The maximum Gasteiger partial charge on any atom is 0.416 e. The zero-order chi connectivity index (χ0) is 27.5. The Balaban J connectivity index is 1.34. The van der Waals surface area contributed by atoms with Gasteiger partial charge in [-0.05, 0) is 49.4 Å². The number of rotatable bonds is 5. The van der Waals surface area contributed by atoms with Crippen molar-refractivity contribution in [3.8, 4) is 0 Å². The van der Waals surface area contributed by atoms with Crippen LogP contribution in [0, 0.1) is 0 Å². The second kappa shape index (κ2) is 9.34. The smallest absolute Gasteiger partial charge is 0.379 e. The molecule has 2 saturated heterocycles. The molecule has 6 rings (SSSR count). The molecule has 2 aromatic carbocycles. The van der Waals surface area contributed by atoms with Crippen molar-refractivity contribution >= 4 is 17.3 Å². The first kappa shape index (κ1) is 25.8. The largest absolute Gasteiger partial charge is 0.416 e. The van der Waals surface area contributed by atoms with Crippen molar-refractivity contribution in [3.05, 3.63) is 70.8 Å². The summed E-state index contributed by atoms with van der Waals surface area (Å²) >= 11 is 0. The number of aryl methyl sites for hydroxylation is 1. The number of hydrogen-bond acceptors (Lipinski definition) is 6. The number of benzene rings is 2. The molecule has 39 heavy (non-hydrogen) atoms. The minimum Gasteiger partial charge on any atom is -0.379 e. The Morgan fingerprint density at radius 1 is 1.10 bits per heavy atom. The summed E-state index contributed by atoms with van der Waals surface area (Å²) in [6.45, 7) is 4.93. The van der Waals surface area contributed by atoms with E-state index in [1.807, 2.05) is 48.7 Å². The van der Waals surface area contributed by atoms with E-state index in [-0.39, 0.29) is 29.1 Å². The number of fused-ring (bicyclic) bond motifs is 1. The molecule has 1 aromatic heterocycles. The van der Waals surface area contributed by atoms with Gasteiger partial charge in [-0.3, -0.25) is 4.79 Å². The number of nitrogens with zero attached hydrogens (tertiary/aromatic N) is 6. The highest BCUT2D eigenvalue weighted by molar-refractivity contribution is 6.11. The van der Waals surface area contributed by atoms with Gasteiger partial charge < -0.3 is 24.0 Å². The Morgan fingerprint density at radius 3 is 2.54 bits per heavy atom. The van der Waals surface area contributed by atoms with Gasteiger partial charge in [-0.25, -0.2) is 0 Å². The van der Waals surface area contributed by atoms with Crippen LogP contribution in [0.25, 0.3) is 0 Å². The number of carbonyl (C=O) groups excluding carboxylic acids is 1. The minimum atomic E-state index is -4.57. The van der Waals surface area contributed by atoms with E-state index in [0.717, 1.165) is 24.5 Å². The maximum atomic E-state index is 14.3. The van der Waals surface area contributed by atoms with Gasteiger partial charge >= 0.3 is 6.18 Å². The molecule has 0 spiro atoms. The highest BCUT2D eigenvalue weighted by Gasteiger charge is 2.44. The van der Waals surface area contributed by atoms with Gasteiger partial charge in [0.2, 0.25) is 0 Å². The van der Waals surface area contributed by atoms with Crippen LogP contribution in [0.5, 0.6) is 0 Å². The van der Waals surface area contributed by atoms with E-state index < -0.39 is 17.6 Å². The monoisotopic (exact) mass is 540 g/mol. The summed E-state index contributed by atoms with van der Waals surface area (Å²) in [5.74, 6) is 0.400. The normalized spacial score (nSPS) is 21.3. The van der Waals surface area contributed by atoms with Crippen LogP contribution in [0.15, 0.2) is 42.7 Å². The fourth-order valence-electron chi connectivity index (χ4n) is 6.04. The summed E-state index contributed by atoms with van der Waals surface area (Å²) in [4.78, 5) is 19.3. The predicted octanol–water partition coefficient (Wildman–Crippen LogP) is 3.65. The maximum absolute atomic E-state index is 14.3. The Kier molecular flexibility index (Phi) is 6.18. The molecule has 1 atom stereocenters. The molecule has 206 valence electrons. The standard InChI is InChI=1S/C28H31F3N6O2/c1-18-13-34(2)7-8-36(18)21-10-22-23(24(11-21)28(29,30)31)14-37(26(22)38)20-6-4-5-19(9-20)27(15-39-16-27)12-25-33-32-17-35(25)3/h4-6,9-11,17-18H,7-8,12-16H2,1-3H3/t18-/m0/s1. The molecule has 3 aromatic rings. The summed E-state index contributed by atoms with van der Waals surface area (Å²) in [7, 11) is 3.88. The van der Waals surface area contributed by atoms with Crippen molar-refractivity contribution in [2.75, 3.05) is 49.7 Å². The van der Waals surface area contributed by atoms with Crippen LogP contribution in [0.4, 0.5) is 24.5 Å². The number of amides is 1. The highest BCUT2D eigenvalue weighted by atomic mass is 19.4. The molecule has 1 amide bonds. The van der Waals surface area contributed by atoms with Crippen LogP contribution >= 0.6 is 0 Å². The van der Waals surface area contributed by atoms with Crippen LogP contribution in [0.1, 0.15) is 39.8 Å². The van der Waals surface area contributed by atoms with Crippen LogP contribution in [0.3, 0.4) is 0 Å². The topological polar surface area (TPSA) is 66.7 Å². The fourth-order valence-corrected chi connectivity index (χ4v) is 6.04. The number of anilines is 2. The summed E-state index contributed by atoms with van der Waals surface area (Å²) in [5, 5.41) is 8.19. The molecule has 4 heterocycles. The van der Waals surface area contributed by atoms with Gasteiger partial charge in [-0.2, -0.15) is 13.2 Å². The third-order valence-electron chi connectivity index (χ3n) is 8.32. The number of carbonyl (C=O) groups is 1. The molecule has 11 heteroatoms. The molecule has 0 unspecified atom stereocenters. The Labute approximate surface area is 225 Å². The second-order valence-corrected chi connectivity index (χ2v) is 11.1. The van der Waals surface area contributed by atoms with Crippen molar-refractivity contribution in [1.29, 1.82) is 0 Å². The molecule has 0 bridgehead atoms. The number of aromatic nitrogens is 3. The first-order chi connectivity index (χ1) is 18.6. The molecule has 0 N–H and O–H groups in total. The summed E-state index contributed by atoms with van der Waals surface area (Å²) < 4.78 is 50.4. The highest BCUT2D eigenvalue weighted by Crippen LogP contribution is 2.43. The third kappa shape index (κ3) is 4.47. The molecule has 0 radical (unpaired) electrons. The molecule has 0 aliphatic carbocycles. The zero-order valence-electron chi connectivity index (χ0n) is 22.2. The van der Waals surface area contributed by atoms with Crippen LogP contribution in [-0.4, -0.2) is 71.5 Å². The van der Waals surface area contributed by atoms with Crippen molar-refractivity contribution in [1.82, 2.24) is 19.7 Å². The minimum absolute atomic E-state index is 0.0296. The summed E-state index contributed by atoms with van der Waals surface area (Å²) in [6.07, 6.45) is -2.32. The van der Waals surface area contributed by atoms with E-state index in [1.54, 1.807) is 18.5 Å². The van der Waals surface area contributed by atoms with Gasteiger partial charge in [0.05, 0.1) is 25.3 Å². The molecule has 0 saturated carbocycles. The zero-order valence-corrected chi connectivity index (χ0v) is 22.2. The first-order valence-corrected chi connectivity index (χ1v) is 13.1. The number of piperazine rings is 1. The van der Waals surface area contributed by atoms with Crippen molar-refractivity contribution in [2.24, 2.45) is 7.05 Å². The lowest BCUT2D eigenvalue weighted by molar-refractivity contribution is -0.138. The van der Waals surface area contributed by atoms with Gasteiger partial charge in [0.1, 0.15) is 12.2 Å². The molecule has 2 fully saturated rings. The molecule has 8 nitrogen and oxygen atoms in total. The Morgan fingerprint density at radius 2 is 1.90 bits per heavy atom. The predicted molar refractivity (Wildman–Crippen MR) is 140 cm³/mol. The van der Waals surface area contributed by atoms with E-state index in [0.29, 0.717) is 37.6 Å². The average Bonchev–Trinajstić information content (AvgIpc) is 3.42. The van der Waals surface area contributed by atoms with Gasteiger partial charge in [-0.15, -0.1) is 10.2 Å². The van der Waals surface area contributed by atoms with E-state index in [4.69, 9.17) is 4.74 Å². The third-order valence-corrected chi connectivity index (χ3v) is 8.32. The Hall–Kier alpha value is -3.44. The summed E-state index contributed by atoms with van der Waals surface area (Å²) in [6, 6.07) is 10.4. The van der Waals surface area contributed by atoms with Crippen molar-refractivity contribution < 1.29 is 22.7 Å². The quantitative estimate of drug-likeness (QED) is 0.493. The van der Waals surface area contributed by atoms with Gasteiger partial charge in [0, 0.05) is 61.5 Å². The fraction of sp³-hybridized carbons (Fsp3) is 0.464. The number of ether oxygens (including phenoxy) is 1. The average molecular weight is 541 g/mol. The van der Waals surface area contributed by atoms with E-state index in [1.165, 1.54) is 11.0 Å². The van der Waals surface area contributed by atoms with Crippen molar-refractivity contribution in [3.63, 3.8) is 0 Å². The Bertz CT molecular complexity index is 1420. The molecular weight excluding hydrogens is 509 g/mol. The first-order valence-electron chi connectivity index (χ1n) is 13.1. The number of alkyl halides is 3. The SMILES string of the molecule is C[C@H]1CN(C)CCN1c1cc2c(c(C(F)(F)F)c1)CN(c1cccc(C3(Cc4nncn4C)COC3)c1)C2=O. The molecule has 3 aliphatic rings. The number of halogens is 3. The van der Waals surface area contributed by atoms with Crippen LogP contribution < -0.4 is 9.80 Å². The van der Waals surface area contributed by atoms with E-state index in [9.17, 15) is 18.0 Å². The summed E-state index contributed by atoms with van der Waals surface area (Å²) in [5.41, 5.74) is 1.05. The molecule has 3 aliphatic heterocycles. The van der Waals surface area contributed by atoms with E-state index in [2.05, 4.69) is 15.1 Å². The number of likely N-dealkylation sites (N-methyl/N-ethyl adjacent to an activating group) is 1. The van der Waals surface area contributed by atoms with E-state index >= 15 is 0 Å². The lowest BCUT2D eigenvalue weighted by Gasteiger charge is -2.42. The van der Waals surface area contributed by atoms with Gasteiger partial charge in [0.15, 0.2) is 0 Å². The second-order valence-electron chi connectivity index (χ2n) is 11.1.